The molecule has 0 bridgehead atoms. The molecule has 1 aromatic heterocycles. The van der Waals surface area contributed by atoms with Gasteiger partial charge in [-0.25, -0.2) is 4.98 Å². The summed E-state index contributed by atoms with van der Waals surface area (Å²) < 4.78 is 0. The molecule has 4 nitrogen and oxygen atoms in total. The maximum absolute atomic E-state index is 10.6. The van der Waals surface area contributed by atoms with Gasteiger partial charge in [-0.1, -0.05) is 38.2 Å². The fourth-order valence-corrected chi connectivity index (χ4v) is 7.77. The van der Waals surface area contributed by atoms with Crippen LogP contribution in [0.25, 0.3) is 0 Å². The first-order valence-corrected chi connectivity index (χ1v) is 13.6. The van der Waals surface area contributed by atoms with E-state index in [9.17, 15) is 15.3 Å². The minimum absolute atomic E-state index is 0.313. The van der Waals surface area contributed by atoms with Crippen LogP contribution in [0.1, 0.15) is 88.4 Å². The van der Waals surface area contributed by atoms with Gasteiger partial charge in [-0.05, 0) is 92.6 Å². The van der Waals surface area contributed by atoms with Crippen LogP contribution >= 0.6 is 11.3 Å². The lowest BCUT2D eigenvalue weighted by atomic mass is 9.60. The molecule has 0 saturated heterocycles. The zero-order valence-electron chi connectivity index (χ0n) is 20.5. The Morgan fingerprint density at radius 1 is 1.27 bits per heavy atom. The van der Waals surface area contributed by atoms with Gasteiger partial charge in [0.2, 0.25) is 0 Å². The van der Waals surface area contributed by atoms with Crippen LogP contribution in [-0.4, -0.2) is 32.5 Å². The summed E-state index contributed by atoms with van der Waals surface area (Å²) in [7, 11) is 0. The molecule has 1 heterocycles. The largest absolute Gasteiger partial charge is 0.393 e. The SMILES string of the molecule is C=C1/C(=C\C=C2/CCC[C@]3(C)[C@@H]([C@H](C)CC[C@@H](O)c4nc(C)cs4)CC[C@@H]23)C[C@@H](O)C[C@@H]1O. The van der Waals surface area contributed by atoms with E-state index in [0.717, 1.165) is 41.1 Å². The number of aromatic nitrogens is 1. The van der Waals surface area contributed by atoms with Crippen molar-refractivity contribution >= 4 is 11.3 Å². The first-order valence-electron chi connectivity index (χ1n) is 12.7. The van der Waals surface area contributed by atoms with Crippen LogP contribution in [0.3, 0.4) is 0 Å². The molecule has 3 aliphatic rings. The number of nitrogens with zero attached hydrogens (tertiary/aromatic N) is 1. The second kappa shape index (κ2) is 10.2. The van der Waals surface area contributed by atoms with Crippen LogP contribution in [0, 0.1) is 30.1 Å². The van der Waals surface area contributed by atoms with Crippen LogP contribution in [0.15, 0.2) is 40.8 Å². The molecule has 0 aliphatic heterocycles. The van der Waals surface area contributed by atoms with E-state index in [1.807, 2.05) is 12.3 Å². The van der Waals surface area contributed by atoms with Crippen molar-refractivity contribution < 1.29 is 15.3 Å². The van der Waals surface area contributed by atoms with Crippen molar-refractivity contribution in [1.29, 1.82) is 0 Å². The van der Waals surface area contributed by atoms with Gasteiger partial charge in [0.1, 0.15) is 11.1 Å². The quantitative estimate of drug-likeness (QED) is 0.473. The summed E-state index contributed by atoms with van der Waals surface area (Å²) >= 11 is 1.57. The molecule has 3 saturated carbocycles. The molecule has 0 aromatic carbocycles. The highest BCUT2D eigenvalue weighted by atomic mass is 32.1. The predicted molar refractivity (Wildman–Crippen MR) is 135 cm³/mol. The molecule has 33 heavy (non-hydrogen) atoms. The highest BCUT2D eigenvalue weighted by molar-refractivity contribution is 7.09. The van der Waals surface area contributed by atoms with Crippen LogP contribution in [0.2, 0.25) is 0 Å². The van der Waals surface area contributed by atoms with E-state index in [1.165, 1.54) is 31.3 Å². The monoisotopic (exact) mass is 471 g/mol. The molecular weight excluding hydrogens is 430 g/mol. The summed E-state index contributed by atoms with van der Waals surface area (Å²) in [5.41, 5.74) is 4.60. The predicted octanol–water partition coefficient (Wildman–Crippen LogP) is 6.04. The molecule has 4 rings (SSSR count). The van der Waals surface area contributed by atoms with Crippen LogP contribution in [-0.2, 0) is 0 Å². The fraction of sp³-hybridized carbons (Fsp3) is 0.679. The van der Waals surface area contributed by atoms with Gasteiger partial charge in [-0.3, -0.25) is 0 Å². The van der Waals surface area contributed by atoms with Crippen LogP contribution in [0.4, 0.5) is 0 Å². The Labute approximate surface area is 203 Å². The van der Waals surface area contributed by atoms with Gasteiger partial charge in [0.15, 0.2) is 0 Å². The van der Waals surface area contributed by atoms with E-state index in [0.29, 0.717) is 36.0 Å². The van der Waals surface area contributed by atoms with Crippen molar-refractivity contribution in [3.63, 3.8) is 0 Å². The number of rotatable bonds is 6. The average Bonchev–Trinajstić information content (AvgIpc) is 3.36. The number of hydrogen-bond donors (Lipinski definition) is 3. The highest BCUT2D eigenvalue weighted by Gasteiger charge is 2.50. The van der Waals surface area contributed by atoms with E-state index in [-0.39, 0.29) is 0 Å². The van der Waals surface area contributed by atoms with E-state index in [1.54, 1.807) is 11.3 Å². The maximum atomic E-state index is 10.6. The molecule has 1 aromatic rings. The Kier molecular flexibility index (Phi) is 7.64. The first-order chi connectivity index (χ1) is 15.7. The number of aliphatic hydroxyl groups is 3. The van der Waals surface area contributed by atoms with Crippen LogP contribution < -0.4 is 0 Å². The second-order valence-corrected chi connectivity index (χ2v) is 12.0. The van der Waals surface area contributed by atoms with Gasteiger partial charge in [0.25, 0.3) is 0 Å². The summed E-state index contributed by atoms with van der Waals surface area (Å²) in [6, 6.07) is 0. The topological polar surface area (TPSA) is 73.6 Å². The van der Waals surface area contributed by atoms with Gasteiger partial charge < -0.3 is 15.3 Å². The van der Waals surface area contributed by atoms with E-state index in [2.05, 4.69) is 37.6 Å². The number of fused-ring (bicyclic) bond motifs is 1. The summed E-state index contributed by atoms with van der Waals surface area (Å²) in [6.07, 6.45) is 11.8. The van der Waals surface area contributed by atoms with Gasteiger partial charge in [-0.15, -0.1) is 11.3 Å². The number of hydrogen-bond acceptors (Lipinski definition) is 5. The van der Waals surface area contributed by atoms with Gasteiger partial charge >= 0.3 is 0 Å². The molecule has 3 fully saturated rings. The van der Waals surface area contributed by atoms with E-state index >= 15 is 0 Å². The van der Waals surface area contributed by atoms with Crippen molar-refractivity contribution in [1.82, 2.24) is 4.98 Å². The smallest absolute Gasteiger partial charge is 0.121 e. The van der Waals surface area contributed by atoms with Gasteiger partial charge in [0.05, 0.1) is 12.2 Å². The van der Waals surface area contributed by atoms with Crippen molar-refractivity contribution in [3.8, 4) is 0 Å². The molecule has 3 N–H and O–H groups in total. The zero-order chi connectivity index (χ0) is 23.8. The minimum atomic E-state index is -0.629. The summed E-state index contributed by atoms with van der Waals surface area (Å²) in [5, 5.41) is 33.7. The molecule has 0 radical (unpaired) electrons. The average molecular weight is 472 g/mol. The Balaban J connectivity index is 1.43. The lowest BCUT2D eigenvalue weighted by molar-refractivity contribution is 0.0823. The van der Waals surface area contributed by atoms with Crippen LogP contribution in [0.5, 0.6) is 0 Å². The maximum Gasteiger partial charge on any atom is 0.121 e. The standard InChI is InChI=1S/C28H41NO3S/c1-17(7-12-25(31)27-29-18(2)16-33-27)23-10-11-24-20(6-5-13-28(23,24)4)8-9-21-14-22(30)15-26(32)19(21)3/h8-9,16-17,22-26,30-32H,3,5-7,10-15H2,1-2,4H3/b20-8+,21-9-/t17-,22-,23-,24+,25-,26+,28-/m1/s1. The third kappa shape index (κ3) is 5.22. The Morgan fingerprint density at radius 3 is 2.79 bits per heavy atom. The number of aliphatic hydroxyl groups excluding tert-OH is 3. The Morgan fingerprint density at radius 2 is 2.06 bits per heavy atom. The molecule has 7 atom stereocenters. The minimum Gasteiger partial charge on any atom is -0.393 e. The fourth-order valence-electron chi connectivity index (χ4n) is 6.95. The van der Waals surface area contributed by atoms with E-state index in [4.69, 9.17) is 0 Å². The number of thiazole rings is 1. The number of allylic oxidation sites excluding steroid dienone is 3. The molecule has 0 unspecified atom stereocenters. The lowest BCUT2D eigenvalue weighted by Gasteiger charge is -2.44. The Bertz CT molecular complexity index is 918. The van der Waals surface area contributed by atoms with Gasteiger partial charge in [0, 0.05) is 17.5 Å². The second-order valence-electron chi connectivity index (χ2n) is 11.1. The van der Waals surface area contributed by atoms with Gasteiger partial charge in [-0.2, -0.15) is 0 Å². The van der Waals surface area contributed by atoms with Crippen molar-refractivity contribution in [2.24, 2.45) is 23.2 Å². The third-order valence-corrected chi connectivity index (χ3v) is 9.87. The molecular formula is C28H41NO3S. The molecule has 0 spiro atoms. The first kappa shape index (κ1) is 24.8. The van der Waals surface area contributed by atoms with Crippen molar-refractivity contribution in [2.75, 3.05) is 0 Å². The molecule has 0 amide bonds. The molecule has 3 aliphatic carbocycles. The number of aryl methyl sites for hydroxylation is 1. The summed E-state index contributed by atoms with van der Waals surface area (Å²) in [5.74, 6) is 1.86. The molecule has 5 heteroatoms. The Hall–Kier alpha value is -1.27. The van der Waals surface area contributed by atoms with Crippen molar-refractivity contribution in [2.45, 2.75) is 96.9 Å². The summed E-state index contributed by atoms with van der Waals surface area (Å²) in [6.45, 7) is 10.9. The normalized spacial score (nSPS) is 36.8. The third-order valence-electron chi connectivity index (χ3n) is 8.81. The zero-order valence-corrected chi connectivity index (χ0v) is 21.3. The van der Waals surface area contributed by atoms with E-state index < -0.39 is 18.3 Å². The highest BCUT2D eigenvalue weighted by Crippen LogP contribution is 2.60. The summed E-state index contributed by atoms with van der Waals surface area (Å²) in [4.78, 5) is 4.47. The van der Waals surface area contributed by atoms with Crippen molar-refractivity contribution in [3.05, 3.63) is 51.5 Å². The molecule has 182 valence electrons. The lowest BCUT2D eigenvalue weighted by Crippen LogP contribution is -2.36.